The van der Waals surface area contributed by atoms with Crippen LogP contribution in [0, 0.1) is 0 Å². The van der Waals surface area contributed by atoms with Gasteiger partial charge in [-0.05, 0) is 42.4 Å². The molecule has 1 aromatic rings. The van der Waals surface area contributed by atoms with E-state index in [-0.39, 0.29) is 11.8 Å². The molecule has 5 N–H and O–H groups in total. The first-order chi connectivity index (χ1) is 15.3. The Morgan fingerprint density at radius 2 is 1.97 bits per heavy atom. The Labute approximate surface area is 185 Å². The Kier molecular flexibility index (Phi) is 6.57. The molecule has 0 radical (unpaired) electrons. The van der Waals surface area contributed by atoms with E-state index in [1.54, 1.807) is 0 Å². The Hall–Kier alpha value is -2.40. The maximum absolute atomic E-state index is 11.5. The lowest BCUT2D eigenvalue weighted by Gasteiger charge is -2.38. The third kappa shape index (κ3) is 4.15. The lowest BCUT2D eigenvalue weighted by Crippen LogP contribution is -2.61. The van der Waals surface area contributed by atoms with Crippen LogP contribution in [0.3, 0.4) is 0 Å². The van der Waals surface area contributed by atoms with Crippen molar-refractivity contribution in [3.63, 3.8) is 0 Å². The molecule has 4 rings (SSSR count). The van der Waals surface area contributed by atoms with Crippen LogP contribution in [0.4, 0.5) is 0 Å². The zero-order valence-electron chi connectivity index (χ0n) is 17.8. The molecule has 10 nitrogen and oxygen atoms in total. The SMILES string of the molecule is CCC(=O)NCC[C@@H]1CCc2cc(O[C@@H]3O[C@H](C(=O)O)[C@@H](O)[C@H](O)[C@H]3O)c3c(c21)CCO3. The number of aliphatic carboxylic acids is 1. The fourth-order valence-corrected chi connectivity index (χ4v) is 4.78. The minimum Gasteiger partial charge on any atom is -0.489 e. The summed E-state index contributed by atoms with van der Waals surface area (Å²) in [6, 6.07) is 1.81. The fourth-order valence-electron chi connectivity index (χ4n) is 4.78. The highest BCUT2D eigenvalue weighted by Crippen LogP contribution is 2.48. The second-order valence-corrected chi connectivity index (χ2v) is 8.43. The van der Waals surface area contributed by atoms with Gasteiger partial charge in [-0.25, -0.2) is 4.79 Å². The largest absolute Gasteiger partial charge is 0.489 e. The number of hydrogen-bond donors (Lipinski definition) is 5. The normalized spacial score (nSPS) is 30.9. The number of carboxylic acids is 1. The average Bonchev–Trinajstić information content (AvgIpc) is 3.40. The minimum atomic E-state index is -1.78. The van der Waals surface area contributed by atoms with Gasteiger partial charge in [-0.3, -0.25) is 4.79 Å². The summed E-state index contributed by atoms with van der Waals surface area (Å²) in [5.74, 6) is -0.315. The van der Waals surface area contributed by atoms with E-state index >= 15 is 0 Å². The van der Waals surface area contributed by atoms with Gasteiger partial charge in [-0.1, -0.05) is 6.92 Å². The molecule has 2 aliphatic heterocycles. The van der Waals surface area contributed by atoms with Crippen LogP contribution in [-0.2, 0) is 27.2 Å². The number of carboxylic acid groups (broad SMARTS) is 1. The molecule has 3 aliphatic rings. The van der Waals surface area contributed by atoms with Gasteiger partial charge >= 0.3 is 5.97 Å². The van der Waals surface area contributed by atoms with Crippen molar-refractivity contribution in [1.29, 1.82) is 0 Å². The molecular formula is C22H29NO9. The zero-order valence-corrected chi connectivity index (χ0v) is 17.8. The molecule has 176 valence electrons. The quantitative estimate of drug-likeness (QED) is 0.380. The molecule has 1 aromatic carbocycles. The maximum atomic E-state index is 11.5. The fraction of sp³-hybridized carbons (Fsp3) is 0.636. The van der Waals surface area contributed by atoms with Gasteiger partial charge < -0.3 is 40.0 Å². The lowest BCUT2D eigenvalue weighted by atomic mass is 9.91. The van der Waals surface area contributed by atoms with Crippen molar-refractivity contribution in [3.8, 4) is 11.5 Å². The highest BCUT2D eigenvalue weighted by atomic mass is 16.7. The number of fused-ring (bicyclic) bond motifs is 3. The van der Waals surface area contributed by atoms with Crippen LogP contribution in [0.1, 0.15) is 48.8 Å². The van der Waals surface area contributed by atoms with Crippen LogP contribution < -0.4 is 14.8 Å². The van der Waals surface area contributed by atoms with Crippen LogP contribution in [0.5, 0.6) is 11.5 Å². The summed E-state index contributed by atoms with van der Waals surface area (Å²) in [6.07, 6.45) is -4.65. The van der Waals surface area contributed by atoms with E-state index in [2.05, 4.69) is 5.32 Å². The smallest absolute Gasteiger partial charge is 0.335 e. The molecule has 32 heavy (non-hydrogen) atoms. The van der Waals surface area contributed by atoms with Crippen molar-refractivity contribution in [2.75, 3.05) is 13.2 Å². The van der Waals surface area contributed by atoms with Crippen LogP contribution in [0.25, 0.3) is 0 Å². The van der Waals surface area contributed by atoms with Crippen molar-refractivity contribution < 1.29 is 44.2 Å². The first-order valence-corrected chi connectivity index (χ1v) is 11.0. The summed E-state index contributed by atoms with van der Waals surface area (Å²) in [7, 11) is 0. The number of benzene rings is 1. The number of nitrogens with one attached hydrogen (secondary N) is 1. The molecule has 6 atom stereocenters. The molecule has 0 saturated carbocycles. The van der Waals surface area contributed by atoms with E-state index in [4.69, 9.17) is 14.2 Å². The molecule has 1 aliphatic carbocycles. The molecule has 0 bridgehead atoms. The van der Waals surface area contributed by atoms with Crippen LogP contribution >= 0.6 is 0 Å². The zero-order chi connectivity index (χ0) is 23.0. The molecule has 0 unspecified atom stereocenters. The summed E-state index contributed by atoms with van der Waals surface area (Å²) in [6.45, 7) is 2.88. The molecule has 0 aromatic heterocycles. The Bertz CT molecular complexity index is 889. The number of hydrogen-bond acceptors (Lipinski definition) is 8. The molecule has 1 fully saturated rings. The second kappa shape index (κ2) is 9.22. The third-order valence-electron chi connectivity index (χ3n) is 6.44. The molecule has 1 amide bonds. The first kappa shape index (κ1) is 22.8. The highest BCUT2D eigenvalue weighted by Gasteiger charge is 2.48. The van der Waals surface area contributed by atoms with Gasteiger partial charge in [-0.2, -0.15) is 0 Å². The van der Waals surface area contributed by atoms with Crippen molar-refractivity contribution in [2.45, 2.75) is 75.7 Å². The van der Waals surface area contributed by atoms with E-state index in [0.29, 0.717) is 37.5 Å². The number of aryl methyl sites for hydroxylation is 1. The van der Waals surface area contributed by atoms with Gasteiger partial charge in [0, 0.05) is 24.9 Å². The molecule has 2 heterocycles. The number of carbonyl (C=O) groups is 2. The van der Waals surface area contributed by atoms with Crippen LogP contribution in [0.15, 0.2) is 6.07 Å². The number of amides is 1. The van der Waals surface area contributed by atoms with Gasteiger partial charge in [0.05, 0.1) is 6.61 Å². The summed E-state index contributed by atoms with van der Waals surface area (Å²) < 4.78 is 16.9. The predicted octanol–water partition coefficient (Wildman–Crippen LogP) is -0.161. The van der Waals surface area contributed by atoms with Crippen LogP contribution in [-0.4, -0.2) is 76.2 Å². The van der Waals surface area contributed by atoms with Crippen molar-refractivity contribution in [2.24, 2.45) is 0 Å². The highest BCUT2D eigenvalue weighted by molar-refractivity contribution is 5.75. The summed E-state index contributed by atoms with van der Waals surface area (Å²) in [5.41, 5.74) is 3.30. The summed E-state index contributed by atoms with van der Waals surface area (Å²) in [5, 5.41) is 42.4. The third-order valence-corrected chi connectivity index (χ3v) is 6.44. The number of aliphatic hydroxyl groups excluding tert-OH is 3. The monoisotopic (exact) mass is 451 g/mol. The Morgan fingerprint density at radius 3 is 2.69 bits per heavy atom. The molecule has 1 saturated heterocycles. The Balaban J connectivity index is 1.55. The molecular weight excluding hydrogens is 422 g/mol. The van der Waals surface area contributed by atoms with E-state index in [1.807, 2.05) is 13.0 Å². The van der Waals surface area contributed by atoms with Gasteiger partial charge in [0.2, 0.25) is 12.2 Å². The number of aliphatic hydroxyl groups is 3. The number of carbonyl (C=O) groups excluding carboxylic acids is 1. The van der Waals surface area contributed by atoms with Crippen molar-refractivity contribution in [3.05, 3.63) is 22.8 Å². The molecule has 10 heteroatoms. The maximum Gasteiger partial charge on any atom is 0.335 e. The standard InChI is InChI=1S/C22H29NO9/c1-2-14(24)23-7-5-10-3-4-11-9-13(19-12(15(10)11)6-8-30-19)31-22-18(27)16(25)17(26)20(32-22)21(28)29/h9-10,16-18,20,22,25-27H,2-8H2,1H3,(H,23,24)(H,28,29)/t10-,16-,17-,18+,20-,22+/m0/s1. The van der Waals surface area contributed by atoms with E-state index in [1.165, 1.54) is 5.56 Å². The lowest BCUT2D eigenvalue weighted by molar-refractivity contribution is -0.271. The van der Waals surface area contributed by atoms with Crippen LogP contribution in [0.2, 0.25) is 0 Å². The molecule has 0 spiro atoms. The Morgan fingerprint density at radius 1 is 1.19 bits per heavy atom. The summed E-state index contributed by atoms with van der Waals surface area (Å²) in [4.78, 5) is 22.9. The van der Waals surface area contributed by atoms with E-state index < -0.39 is 36.7 Å². The number of rotatable bonds is 7. The van der Waals surface area contributed by atoms with E-state index in [0.717, 1.165) is 30.4 Å². The topological polar surface area (TPSA) is 155 Å². The van der Waals surface area contributed by atoms with Crippen molar-refractivity contribution >= 4 is 11.9 Å². The van der Waals surface area contributed by atoms with Crippen molar-refractivity contribution in [1.82, 2.24) is 5.32 Å². The van der Waals surface area contributed by atoms with E-state index in [9.17, 15) is 30.0 Å². The number of ether oxygens (including phenoxy) is 3. The van der Waals surface area contributed by atoms with Gasteiger partial charge in [0.25, 0.3) is 0 Å². The summed E-state index contributed by atoms with van der Waals surface area (Å²) >= 11 is 0. The van der Waals surface area contributed by atoms with Gasteiger partial charge in [0.15, 0.2) is 17.6 Å². The predicted molar refractivity (Wildman–Crippen MR) is 110 cm³/mol. The van der Waals surface area contributed by atoms with Gasteiger partial charge in [0.1, 0.15) is 18.3 Å². The average molecular weight is 451 g/mol. The first-order valence-electron chi connectivity index (χ1n) is 11.0. The minimum absolute atomic E-state index is 0.0264. The second-order valence-electron chi connectivity index (χ2n) is 8.43. The van der Waals surface area contributed by atoms with Gasteiger partial charge in [-0.15, -0.1) is 0 Å².